The monoisotopic (exact) mass is 326 g/mol. The molecule has 0 spiro atoms. The quantitative estimate of drug-likeness (QED) is 0.876. The Kier molecular flexibility index (Phi) is 4.33. The summed E-state index contributed by atoms with van der Waals surface area (Å²) < 4.78 is 5.44. The first-order valence-corrected chi connectivity index (χ1v) is 6.87. The van der Waals surface area contributed by atoms with Crippen molar-refractivity contribution in [2.24, 2.45) is 0 Å². The number of anilines is 1. The van der Waals surface area contributed by atoms with Crippen molar-refractivity contribution in [1.82, 2.24) is 4.98 Å². The van der Waals surface area contributed by atoms with Crippen LogP contribution in [0.4, 0.5) is 5.69 Å². The van der Waals surface area contributed by atoms with Gasteiger partial charge < -0.3 is 10.1 Å². The van der Waals surface area contributed by atoms with Gasteiger partial charge in [-0.1, -0.05) is 0 Å². The van der Waals surface area contributed by atoms with Crippen molar-refractivity contribution in [1.29, 1.82) is 0 Å². The van der Waals surface area contributed by atoms with Crippen LogP contribution in [0, 0.1) is 0 Å². The van der Waals surface area contributed by atoms with Gasteiger partial charge in [0.25, 0.3) is 0 Å². The third-order valence-electron chi connectivity index (χ3n) is 2.32. The summed E-state index contributed by atoms with van der Waals surface area (Å²) in [6.45, 7) is 0.687. The molecule has 2 rings (SSSR count). The number of hydrogen-bond acceptors (Lipinski definition) is 5. The molecule has 0 aliphatic heterocycles. The van der Waals surface area contributed by atoms with Crippen LogP contribution in [0.25, 0.3) is 0 Å². The maximum absolute atomic E-state index is 11.5. The number of methoxy groups -OCH3 is 1. The predicted octanol–water partition coefficient (Wildman–Crippen LogP) is 3.30. The van der Waals surface area contributed by atoms with E-state index in [1.165, 1.54) is 7.11 Å². The third kappa shape index (κ3) is 3.08. The molecule has 18 heavy (non-hydrogen) atoms. The zero-order chi connectivity index (χ0) is 13.0. The van der Waals surface area contributed by atoms with Crippen molar-refractivity contribution in [3.05, 3.63) is 44.8 Å². The second kappa shape index (κ2) is 5.97. The summed E-state index contributed by atoms with van der Waals surface area (Å²) in [5.41, 5.74) is 3.16. The number of rotatable bonds is 4. The fourth-order valence-corrected chi connectivity index (χ4v) is 2.36. The minimum absolute atomic E-state index is 0.358. The summed E-state index contributed by atoms with van der Waals surface area (Å²) in [4.78, 5) is 16.7. The van der Waals surface area contributed by atoms with E-state index in [4.69, 9.17) is 4.74 Å². The maximum atomic E-state index is 11.5. The molecular formula is C12H11BrN2O2S. The molecule has 2 aromatic rings. The number of benzene rings is 1. The lowest BCUT2D eigenvalue weighted by Crippen LogP contribution is -2.04. The van der Waals surface area contributed by atoms with Gasteiger partial charge >= 0.3 is 5.97 Å². The number of esters is 1. The fraction of sp³-hybridized carbons (Fsp3) is 0.167. The smallest absolute Gasteiger partial charge is 0.339 e. The summed E-state index contributed by atoms with van der Waals surface area (Å²) in [5.74, 6) is -0.358. The van der Waals surface area contributed by atoms with Gasteiger partial charge in [0.15, 0.2) is 0 Å². The molecule has 0 saturated carbocycles. The Morgan fingerprint density at radius 1 is 1.56 bits per heavy atom. The number of carbonyl (C=O) groups excluding carboxylic acids is 1. The molecule has 0 bridgehead atoms. The van der Waals surface area contributed by atoms with E-state index in [1.54, 1.807) is 22.9 Å². The molecule has 0 atom stereocenters. The molecule has 1 aromatic heterocycles. The molecule has 0 aliphatic rings. The van der Waals surface area contributed by atoms with E-state index in [0.717, 1.165) is 15.0 Å². The largest absolute Gasteiger partial charge is 0.465 e. The second-order valence-corrected chi connectivity index (χ2v) is 5.33. The van der Waals surface area contributed by atoms with Gasteiger partial charge in [-0.05, 0) is 34.1 Å². The average molecular weight is 327 g/mol. The van der Waals surface area contributed by atoms with Gasteiger partial charge in [0.1, 0.15) is 0 Å². The average Bonchev–Trinajstić information content (AvgIpc) is 2.90. The van der Waals surface area contributed by atoms with E-state index >= 15 is 0 Å². The molecule has 1 heterocycles. The fourth-order valence-electron chi connectivity index (χ4n) is 1.42. The van der Waals surface area contributed by atoms with Crippen molar-refractivity contribution >= 4 is 38.9 Å². The first-order chi connectivity index (χ1) is 8.70. The second-order valence-electron chi connectivity index (χ2n) is 3.51. The van der Waals surface area contributed by atoms with E-state index in [0.29, 0.717) is 12.1 Å². The van der Waals surface area contributed by atoms with Crippen LogP contribution in [0.1, 0.15) is 15.2 Å². The lowest BCUT2D eigenvalue weighted by Gasteiger charge is -2.08. The van der Waals surface area contributed by atoms with Crippen molar-refractivity contribution in [2.75, 3.05) is 12.4 Å². The SMILES string of the molecule is COC(=O)c1cc(NCc2cncs2)ccc1Br. The number of nitrogens with zero attached hydrogens (tertiary/aromatic N) is 1. The highest BCUT2D eigenvalue weighted by molar-refractivity contribution is 9.10. The van der Waals surface area contributed by atoms with E-state index in [1.807, 2.05) is 18.3 Å². The lowest BCUT2D eigenvalue weighted by molar-refractivity contribution is 0.0600. The Bertz CT molecular complexity index is 543. The van der Waals surface area contributed by atoms with E-state index in [2.05, 4.69) is 26.2 Å². The topological polar surface area (TPSA) is 51.2 Å². The van der Waals surface area contributed by atoms with Crippen molar-refractivity contribution < 1.29 is 9.53 Å². The minimum Gasteiger partial charge on any atom is -0.465 e. The number of aromatic nitrogens is 1. The van der Waals surface area contributed by atoms with Crippen LogP contribution < -0.4 is 5.32 Å². The third-order valence-corrected chi connectivity index (χ3v) is 3.79. The molecule has 4 nitrogen and oxygen atoms in total. The summed E-state index contributed by atoms with van der Waals surface area (Å²) in [6.07, 6.45) is 1.82. The number of nitrogens with one attached hydrogen (secondary N) is 1. The molecule has 6 heteroatoms. The zero-order valence-electron chi connectivity index (χ0n) is 9.64. The molecule has 94 valence electrons. The predicted molar refractivity (Wildman–Crippen MR) is 74.9 cm³/mol. The molecule has 0 radical (unpaired) electrons. The standard InChI is InChI=1S/C12H11BrN2O2S/c1-17-12(16)10-4-8(2-3-11(10)13)15-6-9-5-14-7-18-9/h2-5,7,15H,6H2,1H3. The Morgan fingerprint density at radius 3 is 3.06 bits per heavy atom. The molecule has 1 N–H and O–H groups in total. The Labute approximate surface area is 117 Å². The van der Waals surface area contributed by atoms with Gasteiger partial charge in [0.05, 0.1) is 24.7 Å². The molecule has 0 saturated heterocycles. The number of carbonyl (C=O) groups is 1. The highest BCUT2D eigenvalue weighted by Gasteiger charge is 2.10. The lowest BCUT2D eigenvalue weighted by atomic mass is 10.2. The molecule has 0 aliphatic carbocycles. The Hall–Kier alpha value is -1.40. The maximum Gasteiger partial charge on any atom is 0.339 e. The molecule has 1 aromatic carbocycles. The van der Waals surface area contributed by atoms with Crippen molar-refractivity contribution in [3.63, 3.8) is 0 Å². The van der Waals surface area contributed by atoms with Crippen LogP contribution in [0.3, 0.4) is 0 Å². The van der Waals surface area contributed by atoms with Crippen LogP contribution in [0.2, 0.25) is 0 Å². The van der Waals surface area contributed by atoms with Gasteiger partial charge in [-0.25, -0.2) is 4.79 Å². The van der Waals surface area contributed by atoms with Crippen molar-refractivity contribution in [2.45, 2.75) is 6.54 Å². The van der Waals surface area contributed by atoms with Gasteiger partial charge in [0.2, 0.25) is 0 Å². The van der Waals surface area contributed by atoms with Crippen LogP contribution in [-0.4, -0.2) is 18.1 Å². The summed E-state index contributed by atoms with van der Waals surface area (Å²) in [5, 5.41) is 3.24. The first kappa shape index (κ1) is 13.0. The van der Waals surface area contributed by atoms with Crippen LogP contribution >= 0.6 is 27.3 Å². The highest BCUT2D eigenvalue weighted by atomic mass is 79.9. The summed E-state index contributed by atoms with van der Waals surface area (Å²) in [6, 6.07) is 5.48. The molecule has 0 unspecified atom stereocenters. The highest BCUT2D eigenvalue weighted by Crippen LogP contribution is 2.22. The number of hydrogen-bond donors (Lipinski definition) is 1. The number of ether oxygens (including phenoxy) is 1. The Morgan fingerprint density at radius 2 is 2.39 bits per heavy atom. The van der Waals surface area contributed by atoms with E-state index in [-0.39, 0.29) is 5.97 Å². The van der Waals surface area contributed by atoms with Gasteiger partial charge in [0, 0.05) is 21.2 Å². The first-order valence-electron chi connectivity index (χ1n) is 5.20. The van der Waals surface area contributed by atoms with Crippen molar-refractivity contribution in [3.8, 4) is 0 Å². The molecule has 0 fully saturated rings. The van der Waals surface area contributed by atoms with Gasteiger partial charge in [-0.2, -0.15) is 0 Å². The van der Waals surface area contributed by atoms with E-state index < -0.39 is 0 Å². The number of halogens is 1. The van der Waals surface area contributed by atoms with Crippen LogP contribution in [0.15, 0.2) is 34.4 Å². The zero-order valence-corrected chi connectivity index (χ0v) is 12.0. The molecule has 0 amide bonds. The Balaban J connectivity index is 2.12. The van der Waals surface area contributed by atoms with Gasteiger partial charge in [-0.15, -0.1) is 11.3 Å². The van der Waals surface area contributed by atoms with Crippen LogP contribution in [0.5, 0.6) is 0 Å². The number of thiazole rings is 1. The van der Waals surface area contributed by atoms with E-state index in [9.17, 15) is 4.79 Å². The normalized spacial score (nSPS) is 10.1. The molecular weight excluding hydrogens is 316 g/mol. The summed E-state index contributed by atoms with van der Waals surface area (Å²) in [7, 11) is 1.37. The minimum atomic E-state index is -0.358. The van der Waals surface area contributed by atoms with Crippen LogP contribution in [-0.2, 0) is 11.3 Å². The van der Waals surface area contributed by atoms with Gasteiger partial charge in [-0.3, -0.25) is 4.98 Å². The summed E-state index contributed by atoms with van der Waals surface area (Å²) >= 11 is 4.91.